The third-order valence-electron chi connectivity index (χ3n) is 1.97. The van der Waals surface area contributed by atoms with E-state index in [0.29, 0.717) is 12.3 Å². The van der Waals surface area contributed by atoms with E-state index in [-0.39, 0.29) is 5.97 Å². The molecule has 82 valence electrons. The molecule has 0 aliphatic carbocycles. The van der Waals surface area contributed by atoms with Gasteiger partial charge in [0.15, 0.2) is 0 Å². The molecule has 0 aromatic carbocycles. The Hall–Kier alpha value is -1.58. The monoisotopic (exact) mass is 208 g/mol. The molecule has 0 fully saturated rings. The second kappa shape index (κ2) is 5.34. The van der Waals surface area contributed by atoms with E-state index in [2.05, 4.69) is 10.3 Å². The molecular formula is C11H16N2O2. The van der Waals surface area contributed by atoms with Crippen molar-refractivity contribution in [3.8, 4) is 0 Å². The van der Waals surface area contributed by atoms with Gasteiger partial charge in [-0.15, -0.1) is 0 Å². The van der Waals surface area contributed by atoms with Crippen molar-refractivity contribution in [1.82, 2.24) is 5.32 Å². The highest BCUT2D eigenvalue weighted by atomic mass is 16.5. The Labute approximate surface area is 89.7 Å². The number of carbonyl (C=O) groups excluding carboxylic acids is 1. The predicted octanol–water partition coefficient (Wildman–Crippen LogP) is 1.40. The molecule has 0 bridgehead atoms. The molecule has 0 aromatic heterocycles. The first-order valence-electron chi connectivity index (χ1n) is 5.06. The van der Waals surface area contributed by atoms with Crippen LogP contribution in [0.15, 0.2) is 28.4 Å². The molecule has 4 nitrogen and oxygen atoms in total. The summed E-state index contributed by atoms with van der Waals surface area (Å²) in [7, 11) is 1.69. The predicted molar refractivity (Wildman–Crippen MR) is 59.6 cm³/mol. The van der Waals surface area contributed by atoms with Crippen LogP contribution in [0.2, 0.25) is 0 Å². The van der Waals surface area contributed by atoms with Gasteiger partial charge in [0.25, 0.3) is 0 Å². The molecule has 0 aromatic rings. The summed E-state index contributed by atoms with van der Waals surface area (Å²) < 4.78 is 4.89. The second-order valence-corrected chi connectivity index (χ2v) is 3.04. The summed E-state index contributed by atoms with van der Waals surface area (Å²) in [5.74, 6) is 0.387. The Kier molecular flexibility index (Phi) is 4.09. The van der Waals surface area contributed by atoms with Crippen LogP contribution >= 0.6 is 0 Å². The number of allylic oxidation sites excluding steroid dienone is 1. The summed E-state index contributed by atoms with van der Waals surface area (Å²) in [6, 6.07) is 0. The van der Waals surface area contributed by atoms with Crippen LogP contribution in [0.1, 0.15) is 20.3 Å². The summed E-state index contributed by atoms with van der Waals surface area (Å²) in [4.78, 5) is 15.5. The first-order chi connectivity index (χ1) is 7.22. The van der Waals surface area contributed by atoms with Crippen LogP contribution in [0, 0.1) is 0 Å². The van der Waals surface area contributed by atoms with Gasteiger partial charge in [-0.3, -0.25) is 4.99 Å². The maximum atomic E-state index is 11.4. The third-order valence-corrected chi connectivity index (χ3v) is 1.97. The molecule has 0 amide bonds. The quantitative estimate of drug-likeness (QED) is 0.713. The van der Waals surface area contributed by atoms with Crippen LogP contribution in [0.5, 0.6) is 0 Å². The van der Waals surface area contributed by atoms with E-state index >= 15 is 0 Å². The van der Waals surface area contributed by atoms with Crippen LogP contribution in [0.4, 0.5) is 0 Å². The van der Waals surface area contributed by atoms with Crippen LogP contribution in [0.25, 0.3) is 0 Å². The zero-order valence-electron chi connectivity index (χ0n) is 9.33. The van der Waals surface area contributed by atoms with Crippen molar-refractivity contribution in [2.45, 2.75) is 20.3 Å². The van der Waals surface area contributed by atoms with Crippen LogP contribution in [-0.2, 0) is 9.53 Å². The van der Waals surface area contributed by atoms with Crippen molar-refractivity contribution in [2.75, 3.05) is 13.7 Å². The van der Waals surface area contributed by atoms with Gasteiger partial charge in [-0.1, -0.05) is 13.0 Å². The zero-order chi connectivity index (χ0) is 11.3. The number of aliphatic imine (C=N–C) groups is 1. The summed E-state index contributed by atoms with van der Waals surface area (Å²) in [5.41, 5.74) is 1.40. The van der Waals surface area contributed by atoms with Crippen molar-refractivity contribution < 1.29 is 9.53 Å². The lowest BCUT2D eigenvalue weighted by atomic mass is 10.2. The van der Waals surface area contributed by atoms with E-state index in [1.165, 1.54) is 0 Å². The minimum atomic E-state index is -0.335. The number of hydrogen-bond acceptors (Lipinski definition) is 3. The average Bonchev–Trinajstić information content (AvgIpc) is 2.62. The van der Waals surface area contributed by atoms with Crippen molar-refractivity contribution in [3.63, 3.8) is 0 Å². The van der Waals surface area contributed by atoms with E-state index in [1.54, 1.807) is 20.0 Å². The zero-order valence-corrected chi connectivity index (χ0v) is 9.33. The van der Waals surface area contributed by atoms with Gasteiger partial charge in [0.1, 0.15) is 11.5 Å². The maximum absolute atomic E-state index is 11.4. The minimum absolute atomic E-state index is 0.335. The van der Waals surface area contributed by atoms with Gasteiger partial charge < -0.3 is 10.1 Å². The van der Waals surface area contributed by atoms with Gasteiger partial charge in [0.2, 0.25) is 0 Å². The number of esters is 1. The molecule has 0 atom stereocenters. The standard InChI is InChI=1S/C11H16N2O2/c1-4-6-8-7-9(11(14)15-5-2)13-10(8)12-3/h6-7H,4-5H2,1-3H3,(H,12,13)/b8-6-. The largest absolute Gasteiger partial charge is 0.461 e. The lowest BCUT2D eigenvalue weighted by molar-refractivity contribution is -0.138. The van der Waals surface area contributed by atoms with Gasteiger partial charge in [-0.2, -0.15) is 0 Å². The first-order valence-corrected chi connectivity index (χ1v) is 5.06. The van der Waals surface area contributed by atoms with Crippen molar-refractivity contribution in [2.24, 2.45) is 4.99 Å². The first kappa shape index (κ1) is 11.5. The topological polar surface area (TPSA) is 50.7 Å². The molecule has 0 unspecified atom stereocenters. The van der Waals surface area contributed by atoms with Crippen LogP contribution in [-0.4, -0.2) is 25.5 Å². The van der Waals surface area contributed by atoms with Gasteiger partial charge in [-0.25, -0.2) is 4.79 Å². The van der Waals surface area contributed by atoms with Gasteiger partial charge in [0.05, 0.1) is 6.61 Å². The molecule has 1 N–H and O–H groups in total. The maximum Gasteiger partial charge on any atom is 0.354 e. The molecule has 4 heteroatoms. The third kappa shape index (κ3) is 2.68. The number of carbonyl (C=O) groups is 1. The normalized spacial score (nSPS) is 20.3. The van der Waals surface area contributed by atoms with Crippen LogP contribution in [0.3, 0.4) is 0 Å². The fourth-order valence-corrected chi connectivity index (χ4v) is 1.34. The number of rotatable bonds is 3. The highest BCUT2D eigenvalue weighted by Crippen LogP contribution is 2.13. The van der Waals surface area contributed by atoms with Crippen molar-refractivity contribution in [1.29, 1.82) is 0 Å². The Morgan fingerprint density at radius 3 is 2.87 bits per heavy atom. The Bertz CT molecular complexity index is 340. The van der Waals surface area contributed by atoms with Gasteiger partial charge in [0, 0.05) is 12.6 Å². The van der Waals surface area contributed by atoms with Gasteiger partial charge in [-0.05, 0) is 19.4 Å². The number of nitrogens with zero attached hydrogens (tertiary/aromatic N) is 1. The summed E-state index contributed by atoms with van der Waals surface area (Å²) in [6.45, 7) is 4.20. The Morgan fingerprint density at radius 2 is 2.33 bits per heavy atom. The average molecular weight is 208 g/mol. The number of ether oxygens (including phenoxy) is 1. The smallest absolute Gasteiger partial charge is 0.354 e. The second-order valence-electron chi connectivity index (χ2n) is 3.04. The highest BCUT2D eigenvalue weighted by molar-refractivity contribution is 6.10. The van der Waals surface area contributed by atoms with E-state index < -0.39 is 0 Å². The molecule has 1 rings (SSSR count). The molecule has 0 saturated carbocycles. The van der Waals surface area contributed by atoms with Gasteiger partial charge >= 0.3 is 5.97 Å². The molecule has 0 saturated heterocycles. The van der Waals surface area contributed by atoms with E-state index in [9.17, 15) is 4.79 Å². The minimum Gasteiger partial charge on any atom is -0.461 e. The SMILES string of the molecule is CC/C=C1/C=C(C(=O)OCC)NC1=NC. The van der Waals surface area contributed by atoms with Crippen molar-refractivity contribution in [3.05, 3.63) is 23.4 Å². The fraction of sp³-hybridized carbons (Fsp3) is 0.455. The number of amidine groups is 1. The molecule has 0 radical (unpaired) electrons. The number of hydrogen-bond donors (Lipinski definition) is 1. The Morgan fingerprint density at radius 1 is 1.60 bits per heavy atom. The highest BCUT2D eigenvalue weighted by Gasteiger charge is 2.21. The van der Waals surface area contributed by atoms with E-state index in [4.69, 9.17) is 4.74 Å². The summed E-state index contributed by atoms with van der Waals surface area (Å²) in [5, 5.41) is 2.93. The molecule has 1 aliphatic heterocycles. The Balaban J connectivity index is 2.84. The number of nitrogens with one attached hydrogen (secondary N) is 1. The van der Waals surface area contributed by atoms with Crippen LogP contribution < -0.4 is 5.32 Å². The molecule has 0 spiro atoms. The van der Waals surface area contributed by atoms with E-state index in [1.807, 2.05) is 13.0 Å². The van der Waals surface area contributed by atoms with E-state index in [0.717, 1.165) is 17.8 Å². The lowest BCUT2D eigenvalue weighted by Crippen LogP contribution is -2.23. The summed E-state index contributed by atoms with van der Waals surface area (Å²) >= 11 is 0. The molecule has 1 aliphatic rings. The summed E-state index contributed by atoms with van der Waals surface area (Å²) in [6.07, 6.45) is 4.69. The molecular weight excluding hydrogens is 192 g/mol. The lowest BCUT2D eigenvalue weighted by Gasteiger charge is -2.03. The molecule has 15 heavy (non-hydrogen) atoms. The molecule has 1 heterocycles. The van der Waals surface area contributed by atoms with Crippen molar-refractivity contribution >= 4 is 11.8 Å². The fourth-order valence-electron chi connectivity index (χ4n) is 1.34.